The van der Waals surface area contributed by atoms with Gasteiger partial charge >= 0.3 is 0 Å². The summed E-state index contributed by atoms with van der Waals surface area (Å²) in [7, 11) is -1.95. The lowest BCUT2D eigenvalue weighted by molar-refractivity contribution is -0.130. The highest BCUT2D eigenvalue weighted by Crippen LogP contribution is 2.26. The Balaban J connectivity index is 1.47. The van der Waals surface area contributed by atoms with Crippen LogP contribution in [0.15, 0.2) is 47.4 Å². The van der Waals surface area contributed by atoms with Crippen LogP contribution in [-0.2, 0) is 34.3 Å². The fourth-order valence-electron chi connectivity index (χ4n) is 4.84. The average molecular weight is 498 g/mol. The Labute approximate surface area is 207 Å². The van der Waals surface area contributed by atoms with E-state index in [1.165, 1.54) is 42.6 Å². The first kappa shape index (κ1) is 25.2. The maximum absolute atomic E-state index is 13.1. The maximum Gasteiger partial charge on any atom is 0.238 e. The third-order valence-corrected chi connectivity index (χ3v) is 7.57. The molecule has 1 fully saturated rings. The first-order valence-electron chi connectivity index (χ1n) is 12.4. The molecule has 0 aliphatic carbocycles. The maximum atomic E-state index is 13.1. The number of sulfonamides is 1. The molecule has 188 valence electrons. The van der Waals surface area contributed by atoms with Gasteiger partial charge in [-0.05, 0) is 55.5 Å². The second-order valence-electron chi connectivity index (χ2n) is 9.30. The molecule has 0 saturated carbocycles. The number of primary sulfonamides is 1. The predicted octanol–water partition coefficient (Wildman–Crippen LogP) is 3.68. The van der Waals surface area contributed by atoms with Gasteiger partial charge in [0.15, 0.2) is 0 Å². The molecular weight excluding hydrogens is 462 g/mol. The van der Waals surface area contributed by atoms with Crippen molar-refractivity contribution < 1.29 is 13.2 Å². The molecule has 2 heterocycles. The van der Waals surface area contributed by atoms with E-state index in [1.807, 2.05) is 13.1 Å². The molecule has 1 aromatic heterocycles. The first-order chi connectivity index (χ1) is 16.8. The van der Waals surface area contributed by atoms with Crippen LogP contribution in [0, 0.1) is 0 Å². The van der Waals surface area contributed by atoms with Gasteiger partial charge in [-0.1, -0.05) is 25.1 Å². The lowest BCUT2D eigenvalue weighted by Crippen LogP contribution is -2.32. The number of amides is 1. The van der Waals surface area contributed by atoms with E-state index < -0.39 is 10.0 Å². The van der Waals surface area contributed by atoms with E-state index in [1.54, 1.807) is 11.0 Å². The van der Waals surface area contributed by atoms with Gasteiger partial charge in [-0.2, -0.15) is 0 Å². The third kappa shape index (κ3) is 5.85. The van der Waals surface area contributed by atoms with E-state index in [0.29, 0.717) is 24.9 Å². The summed E-state index contributed by atoms with van der Waals surface area (Å²) >= 11 is 0. The monoisotopic (exact) mass is 497 g/mol. The fourth-order valence-corrected chi connectivity index (χ4v) is 5.38. The molecule has 4 rings (SSSR count). The number of benzene rings is 2. The van der Waals surface area contributed by atoms with Crippen molar-refractivity contribution in [2.24, 2.45) is 5.14 Å². The van der Waals surface area contributed by atoms with Gasteiger partial charge in [-0.15, -0.1) is 0 Å². The Hall–Kier alpha value is -2.91. The Bertz CT molecular complexity index is 1300. The Morgan fingerprint density at radius 3 is 2.57 bits per heavy atom. The van der Waals surface area contributed by atoms with Crippen molar-refractivity contribution in [3.05, 3.63) is 53.9 Å². The highest BCUT2D eigenvalue weighted by atomic mass is 32.2. The van der Waals surface area contributed by atoms with Crippen LogP contribution in [0.5, 0.6) is 0 Å². The number of carbonyl (C=O) groups excluding carboxylic acids is 1. The van der Waals surface area contributed by atoms with Crippen LogP contribution in [0.1, 0.15) is 50.4 Å². The molecule has 1 aliphatic heterocycles. The second-order valence-corrected chi connectivity index (χ2v) is 10.9. The van der Waals surface area contributed by atoms with Crippen LogP contribution in [0.3, 0.4) is 0 Å². The molecule has 2 aromatic carbocycles. The van der Waals surface area contributed by atoms with Gasteiger partial charge < -0.3 is 14.4 Å². The lowest BCUT2D eigenvalue weighted by atomic mass is 10.1. The van der Waals surface area contributed by atoms with Crippen molar-refractivity contribution in [2.75, 3.05) is 25.0 Å². The van der Waals surface area contributed by atoms with E-state index >= 15 is 0 Å². The summed E-state index contributed by atoms with van der Waals surface area (Å²) in [4.78, 5) is 22.0. The molecule has 1 saturated heterocycles. The van der Waals surface area contributed by atoms with E-state index in [4.69, 9.17) is 5.14 Å². The van der Waals surface area contributed by atoms with Crippen molar-refractivity contribution >= 4 is 32.7 Å². The molecule has 0 bridgehead atoms. The Morgan fingerprint density at radius 2 is 1.86 bits per heavy atom. The van der Waals surface area contributed by atoms with E-state index in [0.717, 1.165) is 37.4 Å². The molecule has 0 radical (unpaired) electrons. The standard InChI is InChI=1S/C26H35N5O3S/c1-3-15-31-24-12-11-21(35(27,33)34)18-22(24)28-25(31)13-14-26(32)29(2)19-20-9-5-6-10-23(20)30-16-7-4-8-17-30/h5-6,9-12,18H,3-4,7-8,13-17,19H2,1-2H3,(H2,27,33,34). The highest BCUT2D eigenvalue weighted by Gasteiger charge is 2.19. The van der Waals surface area contributed by atoms with Crippen molar-refractivity contribution in [2.45, 2.75) is 63.4 Å². The third-order valence-electron chi connectivity index (χ3n) is 6.66. The molecule has 1 amide bonds. The molecule has 0 unspecified atom stereocenters. The molecule has 0 spiro atoms. The molecule has 1 aliphatic rings. The van der Waals surface area contributed by atoms with Crippen LogP contribution in [-0.4, -0.2) is 48.9 Å². The van der Waals surface area contributed by atoms with E-state index in [9.17, 15) is 13.2 Å². The van der Waals surface area contributed by atoms with Crippen LogP contribution in [0.2, 0.25) is 0 Å². The summed E-state index contributed by atoms with van der Waals surface area (Å²) in [5.41, 5.74) is 3.82. The molecular formula is C26H35N5O3S. The molecule has 0 atom stereocenters. The van der Waals surface area contributed by atoms with Crippen LogP contribution >= 0.6 is 0 Å². The predicted molar refractivity (Wildman–Crippen MR) is 139 cm³/mol. The number of aromatic nitrogens is 2. The van der Waals surface area contributed by atoms with Gasteiger partial charge in [0.05, 0.1) is 15.9 Å². The van der Waals surface area contributed by atoms with Gasteiger partial charge in [0.2, 0.25) is 15.9 Å². The highest BCUT2D eigenvalue weighted by molar-refractivity contribution is 7.89. The smallest absolute Gasteiger partial charge is 0.238 e. The second kappa shape index (κ2) is 10.8. The number of rotatable bonds is 9. The normalized spacial score (nSPS) is 14.4. The number of piperidine rings is 1. The van der Waals surface area contributed by atoms with Gasteiger partial charge in [0, 0.05) is 51.8 Å². The summed E-state index contributed by atoms with van der Waals surface area (Å²) in [5, 5.41) is 5.29. The number of anilines is 1. The Kier molecular flexibility index (Phi) is 7.76. The van der Waals surface area contributed by atoms with Gasteiger partial charge in [0.1, 0.15) is 5.82 Å². The zero-order chi connectivity index (χ0) is 25.0. The number of aryl methyl sites for hydroxylation is 2. The minimum Gasteiger partial charge on any atom is -0.371 e. The minimum absolute atomic E-state index is 0.0425. The lowest BCUT2D eigenvalue weighted by Gasteiger charge is -2.31. The molecule has 8 nitrogen and oxygen atoms in total. The van der Waals surface area contributed by atoms with Gasteiger partial charge in [0.25, 0.3) is 0 Å². The number of nitrogens with two attached hydrogens (primary N) is 1. The molecule has 35 heavy (non-hydrogen) atoms. The zero-order valence-electron chi connectivity index (χ0n) is 20.6. The van der Waals surface area contributed by atoms with E-state index in [2.05, 4.69) is 39.6 Å². The molecule has 2 N–H and O–H groups in total. The number of hydrogen-bond acceptors (Lipinski definition) is 5. The summed E-state index contributed by atoms with van der Waals surface area (Å²) in [6, 6.07) is 13.1. The van der Waals surface area contributed by atoms with Gasteiger partial charge in [-0.3, -0.25) is 4.79 Å². The van der Waals surface area contributed by atoms with E-state index in [-0.39, 0.29) is 10.8 Å². The summed E-state index contributed by atoms with van der Waals surface area (Å²) in [6.07, 6.45) is 5.41. The number of carbonyl (C=O) groups is 1. The van der Waals surface area contributed by atoms with Crippen LogP contribution in [0.25, 0.3) is 11.0 Å². The van der Waals surface area contributed by atoms with Crippen LogP contribution < -0.4 is 10.0 Å². The number of para-hydroxylation sites is 1. The number of hydrogen-bond donors (Lipinski definition) is 1. The Morgan fingerprint density at radius 1 is 1.11 bits per heavy atom. The minimum atomic E-state index is -3.80. The molecule has 3 aromatic rings. The quantitative estimate of drug-likeness (QED) is 0.486. The topological polar surface area (TPSA) is 102 Å². The van der Waals surface area contributed by atoms with Crippen molar-refractivity contribution in [1.82, 2.24) is 14.5 Å². The molecule has 9 heteroatoms. The average Bonchev–Trinajstić information content (AvgIpc) is 3.19. The van der Waals surface area contributed by atoms with Gasteiger partial charge in [-0.25, -0.2) is 18.5 Å². The SMILES string of the molecule is CCCn1c(CCC(=O)N(C)Cc2ccccc2N2CCCCC2)nc2cc(S(N)(=O)=O)ccc21. The largest absolute Gasteiger partial charge is 0.371 e. The zero-order valence-corrected chi connectivity index (χ0v) is 21.4. The number of fused-ring (bicyclic) bond motifs is 1. The number of nitrogens with zero attached hydrogens (tertiary/aromatic N) is 4. The summed E-state index contributed by atoms with van der Waals surface area (Å²) < 4.78 is 25.6. The summed E-state index contributed by atoms with van der Waals surface area (Å²) in [5.74, 6) is 0.836. The van der Waals surface area contributed by atoms with Crippen molar-refractivity contribution in [1.29, 1.82) is 0 Å². The first-order valence-corrected chi connectivity index (χ1v) is 13.9. The summed E-state index contributed by atoms with van der Waals surface area (Å²) in [6.45, 7) is 5.51. The number of imidazole rings is 1. The van der Waals surface area contributed by atoms with Crippen molar-refractivity contribution in [3.63, 3.8) is 0 Å². The van der Waals surface area contributed by atoms with Crippen molar-refractivity contribution in [3.8, 4) is 0 Å². The van der Waals surface area contributed by atoms with Crippen LogP contribution in [0.4, 0.5) is 5.69 Å². The fraction of sp³-hybridized carbons (Fsp3) is 0.462.